The number of hydrogen-bond donors (Lipinski definition) is 0. The molecule has 12 heavy (non-hydrogen) atoms. The lowest BCUT2D eigenvalue weighted by Gasteiger charge is -2.33. The van der Waals surface area contributed by atoms with Crippen molar-refractivity contribution in [2.45, 2.75) is 26.7 Å². The predicted molar refractivity (Wildman–Crippen MR) is 41.1 cm³/mol. The Balaban J connectivity index is 2.47. The van der Waals surface area contributed by atoms with Gasteiger partial charge >= 0.3 is 11.9 Å². The molecular weight excluding hydrogens is 156 g/mol. The van der Waals surface area contributed by atoms with Crippen LogP contribution in [0.1, 0.15) is 26.7 Å². The van der Waals surface area contributed by atoms with E-state index in [0.717, 1.165) is 17.6 Å². The maximum atomic E-state index is 11.1. The molecule has 3 heteroatoms. The van der Waals surface area contributed by atoms with Crippen LogP contribution < -0.4 is 0 Å². The predicted octanol–water partition coefficient (Wildman–Crippen LogP) is 1.19. The molecule has 0 amide bonds. The van der Waals surface area contributed by atoms with Crippen LogP contribution >= 0.6 is 0 Å². The smallest absolute Gasteiger partial charge is 0.335 e. The first-order valence-corrected chi connectivity index (χ1v) is 4.02. The van der Waals surface area contributed by atoms with Crippen molar-refractivity contribution in [3.8, 4) is 0 Å². The number of esters is 2. The molecule has 0 aromatic rings. The topological polar surface area (TPSA) is 43.4 Å². The van der Waals surface area contributed by atoms with E-state index < -0.39 is 5.41 Å². The number of allylic oxidation sites excluding steroid dienone is 1. The largest absolute Gasteiger partial charge is 0.391 e. The average Bonchev–Trinajstić information content (AvgIpc) is 2.32. The Morgan fingerprint density at radius 3 is 2.08 bits per heavy atom. The van der Waals surface area contributed by atoms with Crippen molar-refractivity contribution in [3.63, 3.8) is 0 Å². The summed E-state index contributed by atoms with van der Waals surface area (Å²) in [5.41, 5.74) is 1.20. The van der Waals surface area contributed by atoms with E-state index in [2.05, 4.69) is 4.74 Å². The molecule has 1 saturated heterocycles. The summed E-state index contributed by atoms with van der Waals surface area (Å²) >= 11 is 0. The van der Waals surface area contributed by atoms with Crippen LogP contribution in [0.4, 0.5) is 0 Å². The Bertz CT molecular complexity index is 298. The average molecular weight is 166 g/mol. The summed E-state index contributed by atoms with van der Waals surface area (Å²) in [6, 6.07) is 0. The minimum absolute atomic E-state index is 0.359. The first-order chi connectivity index (χ1) is 5.59. The molecule has 1 spiro atoms. The lowest BCUT2D eigenvalue weighted by molar-refractivity contribution is -0.192. The number of ether oxygens (including phenoxy) is 1. The van der Waals surface area contributed by atoms with Crippen LogP contribution in [0.3, 0.4) is 0 Å². The molecule has 2 rings (SSSR count). The third kappa shape index (κ3) is 0.578. The Kier molecular flexibility index (Phi) is 1.24. The van der Waals surface area contributed by atoms with E-state index in [-0.39, 0.29) is 11.9 Å². The summed E-state index contributed by atoms with van der Waals surface area (Å²) in [6.45, 7) is 3.81. The highest BCUT2D eigenvalue weighted by molar-refractivity contribution is 6.17. The van der Waals surface area contributed by atoms with Gasteiger partial charge in [-0.3, -0.25) is 0 Å². The molecule has 0 atom stereocenters. The molecule has 1 fully saturated rings. The summed E-state index contributed by atoms with van der Waals surface area (Å²) in [5, 5.41) is 0. The Morgan fingerprint density at radius 2 is 1.83 bits per heavy atom. The van der Waals surface area contributed by atoms with Crippen molar-refractivity contribution in [1.29, 1.82) is 0 Å². The molecule has 0 aromatic heterocycles. The first-order valence-electron chi connectivity index (χ1n) is 4.02. The van der Waals surface area contributed by atoms with Gasteiger partial charge in [-0.2, -0.15) is 0 Å². The zero-order valence-electron chi connectivity index (χ0n) is 7.14. The van der Waals surface area contributed by atoms with Gasteiger partial charge in [0.25, 0.3) is 0 Å². The van der Waals surface area contributed by atoms with Gasteiger partial charge in [0.15, 0.2) is 5.41 Å². The van der Waals surface area contributed by atoms with E-state index in [1.165, 1.54) is 0 Å². The number of hydrogen-bond acceptors (Lipinski definition) is 3. The highest BCUT2D eigenvalue weighted by Gasteiger charge is 2.61. The maximum Gasteiger partial charge on any atom is 0.335 e. The van der Waals surface area contributed by atoms with Crippen LogP contribution in [0.15, 0.2) is 11.1 Å². The molecule has 0 N–H and O–H groups in total. The second-order valence-electron chi connectivity index (χ2n) is 3.49. The van der Waals surface area contributed by atoms with Crippen LogP contribution in [-0.2, 0) is 14.3 Å². The molecule has 0 unspecified atom stereocenters. The standard InChI is InChI=1S/C9H10O3/c1-5-3-4-9(6(5)2)7(10)12-8(9)11/h3-4H2,1-2H3. The second-order valence-corrected chi connectivity index (χ2v) is 3.49. The van der Waals surface area contributed by atoms with Crippen LogP contribution in [0, 0.1) is 5.41 Å². The monoisotopic (exact) mass is 166 g/mol. The fraction of sp³-hybridized carbons (Fsp3) is 0.556. The van der Waals surface area contributed by atoms with Gasteiger partial charge in [0.1, 0.15) is 0 Å². The second kappa shape index (κ2) is 1.97. The molecule has 1 aliphatic carbocycles. The number of carbonyl (C=O) groups is 2. The molecule has 3 nitrogen and oxygen atoms in total. The number of carbonyl (C=O) groups excluding carboxylic acids is 2. The van der Waals surface area contributed by atoms with Crippen molar-refractivity contribution in [1.82, 2.24) is 0 Å². The molecule has 0 aromatic carbocycles. The lowest BCUT2D eigenvalue weighted by Crippen LogP contribution is -2.52. The Hall–Kier alpha value is -1.12. The van der Waals surface area contributed by atoms with Gasteiger partial charge in [0.05, 0.1) is 0 Å². The normalized spacial score (nSPS) is 26.2. The highest BCUT2D eigenvalue weighted by atomic mass is 16.6. The van der Waals surface area contributed by atoms with Gasteiger partial charge in [-0.05, 0) is 32.3 Å². The number of cyclic esters (lactones) is 2. The van der Waals surface area contributed by atoms with Crippen molar-refractivity contribution in [2.24, 2.45) is 5.41 Å². The molecule has 64 valence electrons. The van der Waals surface area contributed by atoms with E-state index in [1.54, 1.807) is 0 Å². The molecule has 2 aliphatic rings. The third-order valence-corrected chi connectivity index (χ3v) is 3.04. The van der Waals surface area contributed by atoms with E-state index in [9.17, 15) is 9.59 Å². The maximum absolute atomic E-state index is 11.1. The fourth-order valence-electron chi connectivity index (χ4n) is 1.92. The van der Waals surface area contributed by atoms with E-state index in [0.29, 0.717) is 6.42 Å². The molecule has 1 heterocycles. The molecule has 0 bridgehead atoms. The number of rotatable bonds is 0. The first kappa shape index (κ1) is 7.53. The molecule has 1 aliphatic heterocycles. The van der Waals surface area contributed by atoms with Crippen molar-refractivity contribution in [3.05, 3.63) is 11.1 Å². The summed E-state index contributed by atoms with van der Waals surface area (Å²) in [7, 11) is 0. The Morgan fingerprint density at radius 1 is 1.25 bits per heavy atom. The highest BCUT2D eigenvalue weighted by Crippen LogP contribution is 2.49. The Labute approximate surface area is 70.4 Å². The SMILES string of the molecule is CC1=C(C)C2(CC1)C(=O)OC2=O. The molecule has 0 saturated carbocycles. The summed E-state index contributed by atoms with van der Waals surface area (Å²) < 4.78 is 4.38. The third-order valence-electron chi connectivity index (χ3n) is 3.04. The van der Waals surface area contributed by atoms with Crippen LogP contribution in [0.2, 0.25) is 0 Å². The van der Waals surface area contributed by atoms with Crippen molar-refractivity contribution < 1.29 is 14.3 Å². The zero-order chi connectivity index (χ0) is 8.93. The van der Waals surface area contributed by atoms with E-state index in [1.807, 2.05) is 13.8 Å². The molecular formula is C9H10O3. The van der Waals surface area contributed by atoms with Gasteiger partial charge in [0, 0.05) is 0 Å². The van der Waals surface area contributed by atoms with Crippen molar-refractivity contribution in [2.75, 3.05) is 0 Å². The van der Waals surface area contributed by atoms with Gasteiger partial charge < -0.3 is 4.74 Å². The van der Waals surface area contributed by atoms with E-state index in [4.69, 9.17) is 0 Å². The lowest BCUT2D eigenvalue weighted by atomic mass is 9.78. The van der Waals surface area contributed by atoms with Crippen LogP contribution in [0.25, 0.3) is 0 Å². The van der Waals surface area contributed by atoms with Gasteiger partial charge in [0.2, 0.25) is 0 Å². The van der Waals surface area contributed by atoms with Gasteiger partial charge in [-0.25, -0.2) is 9.59 Å². The van der Waals surface area contributed by atoms with Gasteiger partial charge in [-0.15, -0.1) is 0 Å². The quantitative estimate of drug-likeness (QED) is 0.308. The van der Waals surface area contributed by atoms with Crippen molar-refractivity contribution >= 4 is 11.9 Å². The van der Waals surface area contributed by atoms with Crippen LogP contribution in [0.5, 0.6) is 0 Å². The minimum Gasteiger partial charge on any atom is -0.391 e. The minimum atomic E-state index is -0.857. The summed E-state index contributed by atoms with van der Waals surface area (Å²) in [6.07, 6.45) is 1.45. The van der Waals surface area contributed by atoms with E-state index >= 15 is 0 Å². The molecule has 0 radical (unpaired) electrons. The summed E-state index contributed by atoms with van der Waals surface area (Å²) in [4.78, 5) is 22.3. The summed E-state index contributed by atoms with van der Waals surface area (Å²) in [5.74, 6) is -0.719. The van der Waals surface area contributed by atoms with Crippen LogP contribution in [-0.4, -0.2) is 11.9 Å². The van der Waals surface area contributed by atoms with Gasteiger partial charge in [-0.1, -0.05) is 5.57 Å². The zero-order valence-corrected chi connectivity index (χ0v) is 7.14. The fourth-order valence-corrected chi connectivity index (χ4v) is 1.92.